The standard InChI is InChI=1S/C33H33N3O2/c1-23(2)22-36-31(28-15-9-10-16-29(28)33(36)38)34-27-19-17-26(18-20-27)32(37)35-30(25-13-7-4-8-14-25)21-24-11-5-3-6-12-24/h3-20,23,30-31,34H,21-22H2,1-2H3,(H,35,37)/t30-,31-/m1/s1. The van der Waals surface area contributed by atoms with Gasteiger partial charge in [-0.2, -0.15) is 0 Å². The highest BCUT2D eigenvalue weighted by atomic mass is 16.2. The molecule has 1 heterocycles. The van der Waals surface area contributed by atoms with Gasteiger partial charge in [0, 0.05) is 28.9 Å². The Balaban J connectivity index is 1.32. The van der Waals surface area contributed by atoms with E-state index < -0.39 is 0 Å². The third kappa shape index (κ3) is 5.62. The number of carbonyl (C=O) groups excluding carboxylic acids is 2. The lowest BCUT2D eigenvalue weighted by Gasteiger charge is -2.28. The van der Waals surface area contributed by atoms with Gasteiger partial charge in [0.2, 0.25) is 0 Å². The Hall–Kier alpha value is -4.38. The van der Waals surface area contributed by atoms with E-state index in [1.807, 2.05) is 102 Å². The molecule has 0 saturated heterocycles. The molecule has 0 fully saturated rings. The predicted octanol–water partition coefficient (Wildman–Crippen LogP) is 6.62. The quantitative estimate of drug-likeness (QED) is 0.270. The SMILES string of the molecule is CC(C)CN1C(=O)c2ccccc2[C@@H]1Nc1ccc(C(=O)N[C@H](Cc2ccccc2)c2ccccc2)cc1. The lowest BCUT2D eigenvalue weighted by Crippen LogP contribution is -2.35. The maximum atomic E-state index is 13.3. The first-order valence-electron chi connectivity index (χ1n) is 13.2. The van der Waals surface area contributed by atoms with Gasteiger partial charge in [0.15, 0.2) is 0 Å². The number of benzene rings is 4. The van der Waals surface area contributed by atoms with Crippen molar-refractivity contribution < 1.29 is 9.59 Å². The summed E-state index contributed by atoms with van der Waals surface area (Å²) < 4.78 is 0. The second-order valence-corrected chi connectivity index (χ2v) is 10.2. The van der Waals surface area contributed by atoms with Crippen LogP contribution >= 0.6 is 0 Å². The maximum Gasteiger partial charge on any atom is 0.256 e. The molecule has 4 aromatic carbocycles. The van der Waals surface area contributed by atoms with Gasteiger partial charge in [0.05, 0.1) is 6.04 Å². The van der Waals surface area contributed by atoms with E-state index in [4.69, 9.17) is 0 Å². The molecule has 2 atom stereocenters. The molecule has 0 bridgehead atoms. The van der Waals surface area contributed by atoms with Crippen LogP contribution in [0.3, 0.4) is 0 Å². The summed E-state index contributed by atoms with van der Waals surface area (Å²) in [5.41, 5.74) is 5.40. The predicted molar refractivity (Wildman–Crippen MR) is 152 cm³/mol. The Labute approximate surface area is 224 Å². The average molecular weight is 504 g/mol. The fourth-order valence-corrected chi connectivity index (χ4v) is 5.01. The zero-order chi connectivity index (χ0) is 26.5. The van der Waals surface area contributed by atoms with Crippen LogP contribution in [0.15, 0.2) is 109 Å². The van der Waals surface area contributed by atoms with E-state index in [1.165, 1.54) is 5.56 Å². The topological polar surface area (TPSA) is 61.4 Å². The number of amides is 2. The Morgan fingerprint density at radius 3 is 2.13 bits per heavy atom. The highest BCUT2D eigenvalue weighted by Crippen LogP contribution is 2.35. The fraction of sp³-hybridized carbons (Fsp3) is 0.212. The number of nitrogens with zero attached hydrogens (tertiary/aromatic N) is 1. The van der Waals surface area contributed by atoms with Crippen molar-refractivity contribution in [3.05, 3.63) is 137 Å². The normalized spacial score (nSPS) is 15.3. The minimum atomic E-state index is -0.242. The summed E-state index contributed by atoms with van der Waals surface area (Å²) in [6, 6.07) is 35.3. The molecule has 2 amide bonds. The van der Waals surface area contributed by atoms with Gasteiger partial charge in [0.25, 0.3) is 11.8 Å². The van der Waals surface area contributed by atoms with Gasteiger partial charge in [-0.1, -0.05) is 92.7 Å². The number of nitrogens with one attached hydrogen (secondary N) is 2. The van der Waals surface area contributed by atoms with Crippen molar-refractivity contribution in [1.29, 1.82) is 0 Å². The molecule has 1 aliphatic rings. The summed E-state index contributed by atoms with van der Waals surface area (Å²) in [4.78, 5) is 28.2. The van der Waals surface area contributed by atoms with Crippen LogP contribution in [-0.4, -0.2) is 23.3 Å². The molecule has 0 unspecified atom stereocenters. The first kappa shape index (κ1) is 25.3. The van der Waals surface area contributed by atoms with Gasteiger partial charge in [-0.05, 0) is 53.8 Å². The van der Waals surface area contributed by atoms with Gasteiger partial charge >= 0.3 is 0 Å². The van der Waals surface area contributed by atoms with Crippen molar-refractivity contribution in [1.82, 2.24) is 10.2 Å². The Morgan fingerprint density at radius 1 is 0.816 bits per heavy atom. The van der Waals surface area contributed by atoms with Gasteiger partial charge in [-0.15, -0.1) is 0 Å². The molecule has 5 heteroatoms. The number of carbonyl (C=O) groups is 2. The first-order valence-corrected chi connectivity index (χ1v) is 13.2. The van der Waals surface area contributed by atoms with Crippen molar-refractivity contribution in [2.45, 2.75) is 32.5 Å². The largest absolute Gasteiger partial charge is 0.361 e. The monoisotopic (exact) mass is 503 g/mol. The van der Waals surface area contributed by atoms with Crippen LogP contribution < -0.4 is 10.6 Å². The summed E-state index contributed by atoms with van der Waals surface area (Å²) in [5.74, 6) is 0.273. The smallest absolute Gasteiger partial charge is 0.256 e. The highest BCUT2D eigenvalue weighted by molar-refractivity contribution is 5.99. The van der Waals surface area contributed by atoms with Crippen LogP contribution in [0, 0.1) is 5.92 Å². The van der Waals surface area contributed by atoms with Crippen molar-refractivity contribution in [3.8, 4) is 0 Å². The van der Waals surface area contributed by atoms with E-state index in [9.17, 15) is 9.59 Å². The molecule has 0 aliphatic carbocycles. The van der Waals surface area contributed by atoms with E-state index in [-0.39, 0.29) is 24.0 Å². The number of hydrogen-bond donors (Lipinski definition) is 2. The van der Waals surface area contributed by atoms with Gasteiger partial charge < -0.3 is 15.5 Å². The third-order valence-electron chi connectivity index (χ3n) is 6.86. The molecule has 0 saturated carbocycles. The van der Waals surface area contributed by atoms with E-state index >= 15 is 0 Å². The van der Waals surface area contributed by atoms with E-state index in [0.717, 1.165) is 22.4 Å². The van der Waals surface area contributed by atoms with Crippen molar-refractivity contribution in [2.24, 2.45) is 5.92 Å². The van der Waals surface area contributed by atoms with Crippen LogP contribution in [0.1, 0.15) is 63.5 Å². The summed E-state index contributed by atoms with van der Waals surface area (Å²) in [7, 11) is 0. The van der Waals surface area contributed by atoms with Crippen LogP contribution in [0.25, 0.3) is 0 Å². The molecule has 1 aliphatic heterocycles. The van der Waals surface area contributed by atoms with Gasteiger partial charge in [0.1, 0.15) is 6.17 Å². The van der Waals surface area contributed by atoms with E-state index in [0.29, 0.717) is 24.4 Å². The van der Waals surface area contributed by atoms with Crippen LogP contribution in [0.4, 0.5) is 5.69 Å². The molecule has 5 nitrogen and oxygen atoms in total. The summed E-state index contributed by atoms with van der Waals surface area (Å²) in [6.07, 6.45) is 0.464. The molecule has 0 aromatic heterocycles. The first-order chi connectivity index (χ1) is 18.5. The fourth-order valence-electron chi connectivity index (χ4n) is 5.01. The summed E-state index contributed by atoms with van der Waals surface area (Å²) in [6.45, 7) is 4.89. The molecule has 5 rings (SSSR count). The van der Waals surface area contributed by atoms with Crippen LogP contribution in [0.2, 0.25) is 0 Å². The van der Waals surface area contributed by atoms with E-state index in [1.54, 1.807) is 0 Å². The lowest BCUT2D eigenvalue weighted by molar-refractivity contribution is 0.0720. The Bertz CT molecular complexity index is 1380. The van der Waals surface area contributed by atoms with Gasteiger partial charge in [-0.25, -0.2) is 0 Å². The second-order valence-electron chi connectivity index (χ2n) is 10.2. The Kier molecular flexibility index (Phi) is 7.55. The molecular weight excluding hydrogens is 470 g/mol. The van der Waals surface area contributed by atoms with Crippen molar-refractivity contribution in [2.75, 3.05) is 11.9 Å². The number of anilines is 1. The molecule has 0 radical (unpaired) electrons. The molecule has 38 heavy (non-hydrogen) atoms. The summed E-state index contributed by atoms with van der Waals surface area (Å²) >= 11 is 0. The van der Waals surface area contributed by atoms with Crippen LogP contribution in [0.5, 0.6) is 0 Å². The van der Waals surface area contributed by atoms with Gasteiger partial charge in [-0.3, -0.25) is 9.59 Å². The molecular formula is C33H33N3O2. The van der Waals surface area contributed by atoms with Crippen molar-refractivity contribution >= 4 is 17.5 Å². The summed E-state index contributed by atoms with van der Waals surface area (Å²) in [5, 5.41) is 6.75. The zero-order valence-corrected chi connectivity index (χ0v) is 21.8. The zero-order valence-electron chi connectivity index (χ0n) is 21.8. The van der Waals surface area contributed by atoms with Crippen molar-refractivity contribution in [3.63, 3.8) is 0 Å². The Morgan fingerprint density at radius 2 is 1.45 bits per heavy atom. The highest BCUT2D eigenvalue weighted by Gasteiger charge is 2.36. The van der Waals surface area contributed by atoms with E-state index in [2.05, 4.69) is 36.6 Å². The average Bonchev–Trinajstić information content (AvgIpc) is 3.20. The van der Waals surface area contributed by atoms with Crippen LogP contribution in [-0.2, 0) is 6.42 Å². The third-order valence-corrected chi connectivity index (χ3v) is 6.86. The number of fused-ring (bicyclic) bond motifs is 1. The maximum absolute atomic E-state index is 13.3. The molecule has 192 valence electrons. The minimum absolute atomic E-state index is 0.0492. The number of hydrogen-bond acceptors (Lipinski definition) is 3. The minimum Gasteiger partial charge on any atom is -0.361 e. The molecule has 2 N–H and O–H groups in total. The molecule has 0 spiro atoms. The lowest BCUT2D eigenvalue weighted by atomic mass is 9.98. The number of rotatable bonds is 9. The second kappa shape index (κ2) is 11.3. The molecule has 4 aromatic rings.